The van der Waals surface area contributed by atoms with Gasteiger partial charge in [-0.1, -0.05) is 0 Å². The maximum absolute atomic E-state index is 13.1. The van der Waals surface area contributed by atoms with E-state index in [1.165, 1.54) is 6.20 Å². The molecule has 84 valence electrons. The smallest absolute Gasteiger partial charge is 0.228 e. The average Bonchev–Trinajstić information content (AvgIpc) is 2.23. The molecule has 0 aromatic carbocycles. The number of hydrogen-bond donors (Lipinski definition) is 1. The number of nitrogens with one attached hydrogen (secondary N) is 1. The molecule has 0 bridgehead atoms. The van der Waals surface area contributed by atoms with Crippen LogP contribution in [0.15, 0.2) is 17.2 Å². The molecule has 4 nitrogen and oxygen atoms in total. The molecule has 6 heteroatoms. The van der Waals surface area contributed by atoms with Gasteiger partial charge in [-0.25, -0.2) is 9.37 Å². The molecule has 0 aliphatic carbocycles. The fourth-order valence-corrected chi connectivity index (χ4v) is 1.80. The Kier molecular flexibility index (Phi) is 2.59. The summed E-state index contributed by atoms with van der Waals surface area (Å²) in [6.45, 7) is 3.83. The fraction of sp³-hybridized carbons (Fsp3) is 0.300. The molecule has 0 unspecified atom stereocenters. The van der Waals surface area contributed by atoms with E-state index in [-0.39, 0.29) is 11.4 Å². The predicted molar refractivity (Wildman–Crippen MR) is 61.5 cm³/mol. The summed E-state index contributed by atoms with van der Waals surface area (Å²) in [7, 11) is 0. The summed E-state index contributed by atoms with van der Waals surface area (Å²) in [5.41, 5.74) is -0.348. The van der Waals surface area contributed by atoms with E-state index in [0.717, 1.165) is 6.20 Å². The molecule has 2 rings (SSSR count). The molecule has 16 heavy (non-hydrogen) atoms. The van der Waals surface area contributed by atoms with E-state index in [0.29, 0.717) is 10.4 Å². The molecule has 0 aliphatic rings. The highest BCUT2D eigenvalue weighted by Crippen LogP contribution is 2.10. The zero-order valence-corrected chi connectivity index (χ0v) is 9.64. The zero-order valence-electron chi connectivity index (χ0n) is 8.82. The Balaban J connectivity index is 2.92. The first-order valence-corrected chi connectivity index (χ1v) is 5.21. The van der Waals surface area contributed by atoms with Gasteiger partial charge in [-0.05, 0) is 26.1 Å². The molecule has 1 N–H and O–H groups in total. The van der Waals surface area contributed by atoms with Gasteiger partial charge in [0.2, 0.25) is 10.2 Å². The molecule has 0 fully saturated rings. The highest BCUT2D eigenvalue weighted by molar-refractivity contribution is 7.71. The summed E-state index contributed by atoms with van der Waals surface area (Å²) >= 11 is 5.07. The first-order valence-electron chi connectivity index (χ1n) is 4.81. The third-order valence-electron chi connectivity index (χ3n) is 2.31. The maximum atomic E-state index is 13.1. The van der Waals surface area contributed by atoms with Gasteiger partial charge in [0.1, 0.15) is 5.65 Å². The number of rotatable bonds is 1. The van der Waals surface area contributed by atoms with Crippen molar-refractivity contribution in [1.82, 2.24) is 14.5 Å². The van der Waals surface area contributed by atoms with E-state index in [1.54, 1.807) is 4.57 Å². The first-order chi connectivity index (χ1) is 7.50. The van der Waals surface area contributed by atoms with E-state index < -0.39 is 11.2 Å². The van der Waals surface area contributed by atoms with Crippen molar-refractivity contribution in [2.45, 2.75) is 19.9 Å². The van der Waals surface area contributed by atoms with Gasteiger partial charge in [-0.15, -0.1) is 0 Å². The van der Waals surface area contributed by atoms with Crippen molar-refractivity contribution in [3.05, 3.63) is 33.2 Å². The second-order valence-corrected chi connectivity index (χ2v) is 4.12. The van der Waals surface area contributed by atoms with Crippen LogP contribution in [0.25, 0.3) is 11.0 Å². The second kappa shape index (κ2) is 3.79. The van der Waals surface area contributed by atoms with Gasteiger partial charge in [0.25, 0.3) is 0 Å². The monoisotopic (exact) mass is 239 g/mol. The molecular formula is C10H10FN3OS. The highest BCUT2D eigenvalue weighted by atomic mass is 32.1. The molecule has 0 amide bonds. The Morgan fingerprint density at radius 1 is 1.56 bits per heavy atom. The van der Waals surface area contributed by atoms with Crippen molar-refractivity contribution < 1.29 is 4.39 Å². The van der Waals surface area contributed by atoms with E-state index in [2.05, 4.69) is 9.97 Å². The van der Waals surface area contributed by atoms with Crippen LogP contribution in [0.3, 0.4) is 0 Å². The van der Waals surface area contributed by atoms with Gasteiger partial charge in [-0.3, -0.25) is 4.79 Å². The van der Waals surface area contributed by atoms with Crippen LogP contribution < -0.4 is 5.43 Å². The lowest BCUT2D eigenvalue weighted by molar-refractivity contribution is 0.579. The van der Waals surface area contributed by atoms with Crippen LogP contribution in [0.4, 0.5) is 4.39 Å². The molecule has 0 aliphatic heterocycles. The van der Waals surface area contributed by atoms with Crippen LogP contribution in [-0.4, -0.2) is 14.5 Å². The van der Waals surface area contributed by atoms with Crippen LogP contribution in [-0.2, 0) is 0 Å². The van der Waals surface area contributed by atoms with Crippen molar-refractivity contribution in [2.24, 2.45) is 0 Å². The molecule has 2 aromatic heterocycles. The van der Waals surface area contributed by atoms with Crippen molar-refractivity contribution in [2.75, 3.05) is 0 Å². The SMILES string of the molecule is CC(C)n1cc2c(=O)c(F)c[nH]c2nc1=S. The summed E-state index contributed by atoms with van der Waals surface area (Å²) < 4.78 is 15.1. The van der Waals surface area contributed by atoms with Gasteiger partial charge in [0.05, 0.1) is 5.39 Å². The number of aromatic nitrogens is 3. The van der Waals surface area contributed by atoms with Crippen molar-refractivity contribution in [3.8, 4) is 0 Å². The molecule has 2 aromatic rings. The predicted octanol–water partition coefficient (Wildman–Crippen LogP) is 2.17. The Morgan fingerprint density at radius 2 is 2.25 bits per heavy atom. The normalized spacial score (nSPS) is 11.2. The van der Waals surface area contributed by atoms with Crippen LogP contribution in [0.1, 0.15) is 19.9 Å². The Labute approximate surface area is 95.8 Å². The van der Waals surface area contributed by atoms with Crippen LogP contribution in [0.2, 0.25) is 0 Å². The number of aromatic amines is 1. The summed E-state index contributed by atoms with van der Waals surface area (Å²) in [5.74, 6) is -0.818. The van der Waals surface area contributed by atoms with E-state index in [1.807, 2.05) is 13.8 Å². The quantitative estimate of drug-likeness (QED) is 0.776. The molecule has 0 saturated heterocycles. The summed E-state index contributed by atoms with van der Waals surface area (Å²) in [5, 5.41) is 0.210. The van der Waals surface area contributed by atoms with Gasteiger partial charge in [0, 0.05) is 18.4 Å². The summed E-state index contributed by atoms with van der Waals surface area (Å²) in [6, 6.07) is 0.0760. The number of halogens is 1. The fourth-order valence-electron chi connectivity index (χ4n) is 1.44. The van der Waals surface area contributed by atoms with E-state index in [9.17, 15) is 9.18 Å². The van der Waals surface area contributed by atoms with Gasteiger partial charge >= 0.3 is 0 Å². The zero-order chi connectivity index (χ0) is 11.9. The largest absolute Gasteiger partial charge is 0.343 e. The Morgan fingerprint density at radius 3 is 2.88 bits per heavy atom. The van der Waals surface area contributed by atoms with E-state index in [4.69, 9.17) is 12.2 Å². The molecule has 0 spiro atoms. The Bertz CT molecular complexity index is 659. The van der Waals surface area contributed by atoms with Crippen molar-refractivity contribution in [3.63, 3.8) is 0 Å². The highest BCUT2D eigenvalue weighted by Gasteiger charge is 2.08. The second-order valence-electron chi connectivity index (χ2n) is 3.75. The third-order valence-corrected chi connectivity index (χ3v) is 2.61. The third kappa shape index (κ3) is 1.65. The number of hydrogen-bond acceptors (Lipinski definition) is 3. The van der Waals surface area contributed by atoms with Crippen LogP contribution in [0, 0.1) is 10.6 Å². The van der Waals surface area contributed by atoms with Crippen molar-refractivity contribution >= 4 is 23.3 Å². The van der Waals surface area contributed by atoms with E-state index >= 15 is 0 Å². The Hall–Kier alpha value is -1.56. The topological polar surface area (TPSA) is 50.7 Å². The standard InChI is InChI=1S/C10H10FN3OS/c1-5(2)14-4-6-8(15)7(11)3-12-9(6)13-10(14)16/h3-5H,1-2H3,(H,12,13,16). The lowest BCUT2D eigenvalue weighted by Crippen LogP contribution is -2.13. The number of pyridine rings is 1. The molecule has 0 saturated carbocycles. The molecular weight excluding hydrogens is 229 g/mol. The number of nitrogens with zero attached hydrogens (tertiary/aromatic N) is 2. The lowest BCUT2D eigenvalue weighted by Gasteiger charge is -2.10. The van der Waals surface area contributed by atoms with Crippen molar-refractivity contribution in [1.29, 1.82) is 0 Å². The maximum Gasteiger partial charge on any atom is 0.228 e. The average molecular weight is 239 g/mol. The van der Waals surface area contributed by atoms with Gasteiger partial charge in [0.15, 0.2) is 5.82 Å². The minimum Gasteiger partial charge on any atom is -0.343 e. The van der Waals surface area contributed by atoms with Crippen LogP contribution >= 0.6 is 12.2 Å². The number of fused-ring (bicyclic) bond motifs is 1. The minimum atomic E-state index is -0.818. The first kappa shape index (κ1) is 10.9. The summed E-state index contributed by atoms with van der Waals surface area (Å²) in [4.78, 5) is 18.2. The summed E-state index contributed by atoms with van der Waals surface area (Å²) in [6.07, 6.45) is 2.53. The molecule has 2 heterocycles. The minimum absolute atomic E-state index is 0.0760. The molecule has 0 radical (unpaired) electrons. The molecule has 0 atom stereocenters. The lowest BCUT2D eigenvalue weighted by atomic mass is 10.3. The van der Waals surface area contributed by atoms with Gasteiger partial charge < -0.3 is 9.55 Å². The number of H-pyrrole nitrogens is 1. The van der Waals surface area contributed by atoms with Crippen LogP contribution in [0.5, 0.6) is 0 Å². The van der Waals surface area contributed by atoms with Gasteiger partial charge in [-0.2, -0.15) is 0 Å².